The van der Waals surface area contributed by atoms with Gasteiger partial charge in [-0.05, 0) is 55.3 Å². The van der Waals surface area contributed by atoms with E-state index < -0.39 is 11.9 Å². The molecule has 0 bridgehead atoms. The van der Waals surface area contributed by atoms with E-state index in [9.17, 15) is 9.59 Å². The molecule has 144 valence electrons. The highest BCUT2D eigenvalue weighted by Gasteiger charge is 2.11. The van der Waals surface area contributed by atoms with E-state index in [-0.39, 0.29) is 12.4 Å². The zero-order chi connectivity index (χ0) is 20.0. The lowest BCUT2D eigenvalue weighted by Crippen LogP contribution is -2.21. The Kier molecular flexibility index (Phi) is 8.01. The van der Waals surface area contributed by atoms with E-state index in [1.807, 2.05) is 26.0 Å². The van der Waals surface area contributed by atoms with E-state index >= 15 is 0 Å². The SMILES string of the molecule is COc1ccc(NC(=O)COC(=O)CSc2cc(C)c(Br)cc2C)cc1Cl. The van der Waals surface area contributed by atoms with Crippen LogP contribution in [0.1, 0.15) is 11.1 Å². The molecule has 0 aliphatic heterocycles. The van der Waals surface area contributed by atoms with Crippen molar-refractivity contribution in [3.8, 4) is 5.75 Å². The third-order valence-corrected chi connectivity index (χ3v) is 5.88. The zero-order valence-electron chi connectivity index (χ0n) is 15.1. The van der Waals surface area contributed by atoms with Crippen molar-refractivity contribution in [2.75, 3.05) is 24.8 Å². The minimum atomic E-state index is -0.456. The third kappa shape index (κ3) is 6.45. The number of aryl methyl sites for hydroxylation is 2. The summed E-state index contributed by atoms with van der Waals surface area (Å²) in [4.78, 5) is 24.8. The molecule has 0 aliphatic carbocycles. The summed E-state index contributed by atoms with van der Waals surface area (Å²) in [7, 11) is 1.51. The lowest BCUT2D eigenvalue weighted by atomic mass is 10.2. The molecule has 2 aromatic carbocycles. The van der Waals surface area contributed by atoms with Gasteiger partial charge in [-0.3, -0.25) is 9.59 Å². The summed E-state index contributed by atoms with van der Waals surface area (Å²) < 4.78 is 11.1. The van der Waals surface area contributed by atoms with Gasteiger partial charge in [-0.1, -0.05) is 27.5 Å². The first-order valence-corrected chi connectivity index (χ1v) is 10.1. The largest absolute Gasteiger partial charge is 0.495 e. The maximum atomic E-state index is 11.9. The number of methoxy groups -OCH3 is 1. The van der Waals surface area contributed by atoms with Crippen LogP contribution in [0.25, 0.3) is 0 Å². The molecule has 0 unspecified atom stereocenters. The Bertz CT molecular complexity index is 860. The van der Waals surface area contributed by atoms with Gasteiger partial charge in [-0.2, -0.15) is 0 Å². The lowest BCUT2D eigenvalue weighted by molar-refractivity contribution is -0.144. The van der Waals surface area contributed by atoms with Crippen LogP contribution in [-0.2, 0) is 14.3 Å². The molecule has 0 aromatic heterocycles. The smallest absolute Gasteiger partial charge is 0.316 e. The number of thioether (sulfide) groups is 1. The monoisotopic (exact) mass is 471 g/mol. The molecule has 5 nitrogen and oxygen atoms in total. The van der Waals surface area contributed by atoms with Gasteiger partial charge in [-0.25, -0.2) is 0 Å². The van der Waals surface area contributed by atoms with Crippen LogP contribution in [0.5, 0.6) is 5.75 Å². The van der Waals surface area contributed by atoms with Crippen LogP contribution < -0.4 is 10.1 Å². The van der Waals surface area contributed by atoms with Crippen molar-refractivity contribution in [2.24, 2.45) is 0 Å². The van der Waals surface area contributed by atoms with E-state index in [1.165, 1.54) is 18.9 Å². The van der Waals surface area contributed by atoms with E-state index in [0.29, 0.717) is 16.5 Å². The van der Waals surface area contributed by atoms with Crippen molar-refractivity contribution >= 4 is 56.9 Å². The molecule has 1 amide bonds. The number of carbonyl (C=O) groups is 2. The van der Waals surface area contributed by atoms with Gasteiger partial charge in [0.05, 0.1) is 17.9 Å². The molecule has 0 heterocycles. The minimum Gasteiger partial charge on any atom is -0.495 e. The molecule has 0 saturated heterocycles. The number of hydrogen-bond acceptors (Lipinski definition) is 5. The van der Waals surface area contributed by atoms with Gasteiger partial charge >= 0.3 is 5.97 Å². The summed E-state index contributed by atoms with van der Waals surface area (Å²) in [5, 5.41) is 3.00. The molecule has 0 atom stereocenters. The van der Waals surface area contributed by atoms with Gasteiger partial charge in [-0.15, -0.1) is 11.8 Å². The van der Waals surface area contributed by atoms with E-state index in [2.05, 4.69) is 21.2 Å². The van der Waals surface area contributed by atoms with Crippen LogP contribution in [0.3, 0.4) is 0 Å². The van der Waals surface area contributed by atoms with Crippen LogP contribution >= 0.6 is 39.3 Å². The van der Waals surface area contributed by atoms with Crippen molar-refractivity contribution < 1.29 is 19.1 Å². The Balaban J connectivity index is 1.80. The van der Waals surface area contributed by atoms with Gasteiger partial charge in [0, 0.05) is 15.1 Å². The van der Waals surface area contributed by atoms with Crippen molar-refractivity contribution in [1.29, 1.82) is 0 Å². The third-order valence-electron chi connectivity index (χ3n) is 3.60. The number of benzene rings is 2. The maximum Gasteiger partial charge on any atom is 0.316 e. The lowest BCUT2D eigenvalue weighted by Gasteiger charge is -2.10. The maximum absolute atomic E-state index is 11.9. The predicted octanol–water partition coefficient (Wildman–Crippen LogP) is 5.00. The number of ether oxygens (including phenoxy) is 2. The predicted molar refractivity (Wildman–Crippen MR) is 112 cm³/mol. The number of carbonyl (C=O) groups excluding carboxylic acids is 2. The highest BCUT2D eigenvalue weighted by Crippen LogP contribution is 2.29. The average Bonchev–Trinajstić information content (AvgIpc) is 2.62. The zero-order valence-corrected chi connectivity index (χ0v) is 18.3. The van der Waals surface area contributed by atoms with Gasteiger partial charge < -0.3 is 14.8 Å². The number of nitrogens with one attached hydrogen (secondary N) is 1. The second-order valence-corrected chi connectivity index (χ2v) is 7.99. The molecule has 0 radical (unpaired) electrons. The van der Waals surface area contributed by atoms with Crippen LogP contribution in [0.15, 0.2) is 39.7 Å². The Morgan fingerprint density at radius 3 is 2.59 bits per heavy atom. The van der Waals surface area contributed by atoms with E-state index in [0.717, 1.165) is 20.5 Å². The van der Waals surface area contributed by atoms with Crippen molar-refractivity contribution in [3.63, 3.8) is 0 Å². The van der Waals surface area contributed by atoms with Gasteiger partial charge in [0.1, 0.15) is 5.75 Å². The van der Waals surface area contributed by atoms with Gasteiger partial charge in [0.2, 0.25) is 0 Å². The van der Waals surface area contributed by atoms with E-state index in [4.69, 9.17) is 21.1 Å². The highest BCUT2D eigenvalue weighted by atomic mass is 79.9. The van der Waals surface area contributed by atoms with Crippen molar-refractivity contribution in [1.82, 2.24) is 0 Å². The fraction of sp³-hybridized carbons (Fsp3) is 0.263. The molecule has 0 fully saturated rings. The van der Waals surface area contributed by atoms with Crippen molar-refractivity contribution in [2.45, 2.75) is 18.7 Å². The first kappa shape index (κ1) is 21.6. The highest BCUT2D eigenvalue weighted by molar-refractivity contribution is 9.10. The molecule has 0 saturated carbocycles. The first-order valence-electron chi connectivity index (χ1n) is 7.98. The van der Waals surface area contributed by atoms with Gasteiger partial charge in [0.25, 0.3) is 5.91 Å². The summed E-state index contributed by atoms with van der Waals surface area (Å²) in [6.07, 6.45) is 0. The fourth-order valence-corrected chi connectivity index (χ4v) is 3.79. The molecule has 0 aliphatic rings. The second-order valence-electron chi connectivity index (χ2n) is 5.71. The first-order chi connectivity index (χ1) is 12.8. The Hall–Kier alpha value is -1.70. The average molecular weight is 473 g/mol. The summed E-state index contributed by atoms with van der Waals surface area (Å²) >= 11 is 10.9. The summed E-state index contributed by atoms with van der Waals surface area (Å²) in [5.41, 5.74) is 2.66. The molecule has 1 N–H and O–H groups in total. The second kappa shape index (κ2) is 10.0. The summed E-state index contributed by atoms with van der Waals surface area (Å²) in [6, 6.07) is 8.88. The van der Waals surface area contributed by atoms with Crippen LogP contribution in [0.2, 0.25) is 5.02 Å². The van der Waals surface area contributed by atoms with Crippen LogP contribution in [0, 0.1) is 13.8 Å². The molecule has 27 heavy (non-hydrogen) atoms. The van der Waals surface area contributed by atoms with Crippen LogP contribution in [0.4, 0.5) is 5.69 Å². The molecule has 2 rings (SSSR count). The normalized spacial score (nSPS) is 10.4. The molecular formula is C19H19BrClNO4S. The summed E-state index contributed by atoms with van der Waals surface area (Å²) in [5.74, 6) is -0.256. The minimum absolute atomic E-state index is 0.129. The quantitative estimate of drug-likeness (QED) is 0.454. The molecule has 8 heteroatoms. The standard InChI is InChI=1S/C19H19BrClNO4S/c1-11-7-17(12(2)6-14(11)20)27-10-19(24)26-9-18(23)22-13-4-5-16(25-3)15(21)8-13/h4-8H,9-10H2,1-3H3,(H,22,23). The number of hydrogen-bond donors (Lipinski definition) is 1. The van der Waals surface area contributed by atoms with Crippen LogP contribution in [-0.4, -0.2) is 31.3 Å². The topological polar surface area (TPSA) is 64.6 Å². The number of amides is 1. The molecule has 0 spiro atoms. The Morgan fingerprint density at radius 1 is 1.19 bits per heavy atom. The number of esters is 1. The van der Waals surface area contributed by atoms with E-state index in [1.54, 1.807) is 18.2 Å². The molecule has 2 aromatic rings. The van der Waals surface area contributed by atoms with Crippen molar-refractivity contribution in [3.05, 3.63) is 51.0 Å². The Morgan fingerprint density at radius 2 is 1.93 bits per heavy atom. The fourth-order valence-electron chi connectivity index (χ4n) is 2.18. The number of anilines is 1. The number of halogens is 2. The summed E-state index contributed by atoms with van der Waals surface area (Å²) in [6.45, 7) is 3.61. The molecular weight excluding hydrogens is 454 g/mol. The number of rotatable bonds is 7. The van der Waals surface area contributed by atoms with Gasteiger partial charge in [0.15, 0.2) is 6.61 Å². The Labute approximate surface area is 175 Å².